The first-order valence-electron chi connectivity index (χ1n) is 11.4. The Morgan fingerprint density at radius 2 is 1.83 bits per heavy atom. The number of nitrogens with one attached hydrogen (secondary N) is 1. The van der Waals surface area contributed by atoms with E-state index in [4.69, 9.17) is 14.7 Å². The number of esters is 1. The maximum atomic E-state index is 14.0. The smallest absolute Gasteiger partial charge is 0.341 e. The summed E-state index contributed by atoms with van der Waals surface area (Å²) in [6.45, 7) is -0.0577. The zero-order valence-electron chi connectivity index (χ0n) is 19.6. The SMILES string of the molecule is COc1cccc(CCC2=NC(=O)NC(c3cccc(F)c3)C2C(=O)OCc2cccc(C#N)c2)c1. The summed E-state index contributed by atoms with van der Waals surface area (Å²) in [5, 5.41) is 11.8. The molecule has 0 aliphatic carbocycles. The number of nitriles is 1. The van der Waals surface area contributed by atoms with Gasteiger partial charge in [0.1, 0.15) is 24.1 Å². The van der Waals surface area contributed by atoms with Gasteiger partial charge in [-0.1, -0.05) is 36.4 Å². The molecular weight excluding hydrogens is 461 g/mol. The summed E-state index contributed by atoms with van der Waals surface area (Å²) >= 11 is 0. The third-order valence-electron chi connectivity index (χ3n) is 5.92. The average Bonchev–Trinajstić information content (AvgIpc) is 2.90. The van der Waals surface area contributed by atoms with Gasteiger partial charge in [0, 0.05) is 5.71 Å². The van der Waals surface area contributed by atoms with Crippen molar-refractivity contribution in [2.45, 2.75) is 25.5 Å². The summed E-state index contributed by atoms with van der Waals surface area (Å²) in [6.07, 6.45) is 0.823. The Morgan fingerprint density at radius 1 is 1.06 bits per heavy atom. The predicted molar refractivity (Wildman–Crippen MR) is 131 cm³/mol. The normalized spacial score (nSPS) is 16.9. The Hall–Kier alpha value is -4.51. The van der Waals surface area contributed by atoms with Crippen LogP contribution >= 0.6 is 0 Å². The first-order chi connectivity index (χ1) is 17.5. The summed E-state index contributed by atoms with van der Waals surface area (Å²) in [7, 11) is 1.58. The number of hydrogen-bond acceptors (Lipinski definition) is 5. The molecule has 0 radical (unpaired) electrons. The second-order valence-corrected chi connectivity index (χ2v) is 8.33. The molecule has 0 saturated carbocycles. The van der Waals surface area contributed by atoms with E-state index in [0.29, 0.717) is 41.0 Å². The lowest BCUT2D eigenvalue weighted by atomic mass is 9.85. The highest BCUT2D eigenvalue weighted by atomic mass is 19.1. The van der Waals surface area contributed by atoms with Crippen LogP contribution in [0.2, 0.25) is 0 Å². The fourth-order valence-electron chi connectivity index (χ4n) is 4.18. The van der Waals surface area contributed by atoms with Crippen LogP contribution in [0, 0.1) is 23.1 Å². The Balaban J connectivity index is 1.60. The number of benzene rings is 3. The van der Waals surface area contributed by atoms with Crippen molar-refractivity contribution in [2.75, 3.05) is 7.11 Å². The van der Waals surface area contributed by atoms with Crippen LogP contribution in [0.5, 0.6) is 5.75 Å². The number of halogens is 1. The number of rotatable bonds is 8. The van der Waals surface area contributed by atoms with Crippen molar-refractivity contribution in [3.8, 4) is 11.8 Å². The van der Waals surface area contributed by atoms with E-state index in [-0.39, 0.29) is 6.61 Å². The monoisotopic (exact) mass is 485 g/mol. The van der Waals surface area contributed by atoms with Gasteiger partial charge in [-0.15, -0.1) is 0 Å². The van der Waals surface area contributed by atoms with E-state index in [2.05, 4.69) is 16.4 Å². The van der Waals surface area contributed by atoms with Crippen molar-refractivity contribution in [2.24, 2.45) is 10.9 Å². The van der Waals surface area contributed by atoms with E-state index in [0.717, 1.165) is 5.56 Å². The molecule has 36 heavy (non-hydrogen) atoms. The van der Waals surface area contributed by atoms with Gasteiger partial charge < -0.3 is 14.8 Å². The average molecular weight is 486 g/mol. The third-order valence-corrected chi connectivity index (χ3v) is 5.92. The van der Waals surface area contributed by atoms with Crippen LogP contribution in [-0.2, 0) is 22.6 Å². The molecule has 0 bridgehead atoms. The van der Waals surface area contributed by atoms with E-state index in [1.165, 1.54) is 18.2 Å². The number of aliphatic imine (C=N–C) groups is 1. The summed E-state index contributed by atoms with van der Waals surface area (Å²) in [6, 6.07) is 20.6. The molecule has 1 N–H and O–H groups in total. The molecule has 2 amide bonds. The highest BCUT2D eigenvalue weighted by molar-refractivity contribution is 6.09. The van der Waals surface area contributed by atoms with E-state index in [1.807, 2.05) is 24.3 Å². The van der Waals surface area contributed by atoms with E-state index in [9.17, 15) is 14.0 Å². The highest BCUT2D eigenvalue weighted by Gasteiger charge is 2.39. The van der Waals surface area contributed by atoms with Crippen molar-refractivity contribution >= 4 is 17.7 Å². The lowest BCUT2D eigenvalue weighted by molar-refractivity contribution is -0.148. The lowest BCUT2D eigenvalue weighted by Gasteiger charge is -2.31. The van der Waals surface area contributed by atoms with Crippen LogP contribution in [0.25, 0.3) is 0 Å². The van der Waals surface area contributed by atoms with Crippen LogP contribution in [0.15, 0.2) is 77.8 Å². The molecule has 0 fully saturated rings. The molecular formula is C28H24FN3O4. The molecule has 4 rings (SSSR count). The van der Waals surface area contributed by atoms with Gasteiger partial charge in [-0.05, 0) is 65.9 Å². The van der Waals surface area contributed by atoms with E-state index in [1.54, 1.807) is 37.4 Å². The zero-order valence-corrected chi connectivity index (χ0v) is 19.6. The number of methoxy groups -OCH3 is 1. The van der Waals surface area contributed by atoms with Crippen LogP contribution < -0.4 is 10.1 Å². The topological polar surface area (TPSA) is 101 Å². The Labute approximate surface area is 208 Å². The van der Waals surface area contributed by atoms with Crippen LogP contribution in [0.3, 0.4) is 0 Å². The maximum absolute atomic E-state index is 14.0. The van der Waals surface area contributed by atoms with Crippen LogP contribution in [0.1, 0.15) is 34.7 Å². The molecule has 3 aromatic carbocycles. The molecule has 0 aromatic heterocycles. The summed E-state index contributed by atoms with van der Waals surface area (Å²) in [5.41, 5.74) is 2.84. The molecule has 182 valence electrons. The molecule has 8 heteroatoms. The molecule has 2 unspecified atom stereocenters. The Morgan fingerprint density at radius 3 is 2.61 bits per heavy atom. The predicted octanol–water partition coefficient (Wildman–Crippen LogP) is 4.90. The quantitative estimate of drug-likeness (QED) is 0.457. The molecule has 1 aliphatic rings. The van der Waals surface area contributed by atoms with Gasteiger partial charge in [0.25, 0.3) is 0 Å². The van der Waals surface area contributed by atoms with E-state index >= 15 is 0 Å². The van der Waals surface area contributed by atoms with Crippen molar-refractivity contribution in [3.63, 3.8) is 0 Å². The summed E-state index contributed by atoms with van der Waals surface area (Å²) < 4.78 is 24.9. The van der Waals surface area contributed by atoms with Gasteiger partial charge in [0.2, 0.25) is 0 Å². The zero-order chi connectivity index (χ0) is 25.5. The van der Waals surface area contributed by atoms with Crippen molar-refractivity contribution in [1.29, 1.82) is 5.26 Å². The fourth-order valence-corrected chi connectivity index (χ4v) is 4.18. The number of hydrogen-bond donors (Lipinski definition) is 1. The van der Waals surface area contributed by atoms with Gasteiger partial charge in [0.15, 0.2) is 0 Å². The first-order valence-corrected chi connectivity index (χ1v) is 11.4. The minimum atomic E-state index is -0.950. The molecule has 3 aromatic rings. The number of carbonyl (C=O) groups is 2. The largest absolute Gasteiger partial charge is 0.497 e. The number of carbonyl (C=O) groups excluding carboxylic acids is 2. The van der Waals surface area contributed by atoms with E-state index < -0.39 is 29.8 Å². The Kier molecular flexibility index (Phi) is 7.71. The molecule has 1 aliphatic heterocycles. The third kappa shape index (κ3) is 5.94. The summed E-state index contributed by atoms with van der Waals surface area (Å²) in [4.78, 5) is 30.0. The first kappa shape index (κ1) is 24.6. The highest BCUT2D eigenvalue weighted by Crippen LogP contribution is 2.31. The van der Waals surface area contributed by atoms with Gasteiger partial charge in [-0.25, -0.2) is 14.2 Å². The van der Waals surface area contributed by atoms with Crippen molar-refractivity contribution in [3.05, 3.63) is 101 Å². The number of amides is 2. The van der Waals surface area contributed by atoms with Crippen molar-refractivity contribution in [1.82, 2.24) is 5.32 Å². The lowest BCUT2D eigenvalue weighted by Crippen LogP contribution is -2.45. The molecule has 2 atom stereocenters. The molecule has 0 spiro atoms. The van der Waals surface area contributed by atoms with Gasteiger partial charge in [0.05, 0.1) is 24.8 Å². The van der Waals surface area contributed by atoms with Crippen LogP contribution in [0.4, 0.5) is 9.18 Å². The minimum absolute atomic E-state index is 0.0577. The fraction of sp³-hybridized carbons (Fsp3) is 0.214. The number of urea groups is 1. The Bertz CT molecular complexity index is 1350. The van der Waals surface area contributed by atoms with Crippen LogP contribution in [-0.4, -0.2) is 24.8 Å². The molecule has 7 nitrogen and oxygen atoms in total. The summed E-state index contributed by atoms with van der Waals surface area (Å²) in [5.74, 6) is -1.34. The number of ether oxygens (including phenoxy) is 2. The minimum Gasteiger partial charge on any atom is -0.497 e. The number of aryl methyl sites for hydroxylation is 1. The van der Waals surface area contributed by atoms with Crippen molar-refractivity contribution < 1.29 is 23.5 Å². The van der Waals surface area contributed by atoms with Gasteiger partial charge in [-0.3, -0.25) is 4.79 Å². The van der Waals surface area contributed by atoms with Gasteiger partial charge in [-0.2, -0.15) is 5.26 Å². The van der Waals surface area contributed by atoms with Gasteiger partial charge >= 0.3 is 12.0 Å². The standard InChI is InChI=1S/C28H24FN3O4/c1-35-23-10-3-5-18(14-23)11-12-24-25(27(33)36-17-20-7-2-6-19(13-20)16-30)26(32-28(34)31-24)21-8-4-9-22(29)15-21/h2-10,13-15,25-26H,11-12,17H2,1H3,(H,32,34). The second-order valence-electron chi connectivity index (χ2n) is 8.33. The molecule has 0 saturated heterocycles. The number of nitrogens with zero attached hydrogens (tertiary/aromatic N) is 2. The maximum Gasteiger partial charge on any atom is 0.341 e. The second kappa shape index (κ2) is 11.3. The molecule has 1 heterocycles.